The van der Waals surface area contributed by atoms with E-state index in [1.165, 1.54) is 17.8 Å². The van der Waals surface area contributed by atoms with Crippen LogP contribution in [0.2, 0.25) is 0 Å². The molecule has 0 atom stereocenters. The van der Waals surface area contributed by atoms with Crippen molar-refractivity contribution in [2.75, 3.05) is 0 Å². The maximum absolute atomic E-state index is 9.27. The van der Waals surface area contributed by atoms with E-state index < -0.39 is 0 Å². The molecule has 0 aromatic carbocycles. The highest BCUT2D eigenvalue weighted by atomic mass is 32.2. The van der Waals surface area contributed by atoms with Crippen LogP contribution in [0.3, 0.4) is 0 Å². The highest BCUT2D eigenvalue weighted by Crippen LogP contribution is 2.41. The van der Waals surface area contributed by atoms with Crippen LogP contribution in [0.1, 0.15) is 48.6 Å². The fraction of sp³-hybridized carbons (Fsp3) is 0.615. The molecule has 20 heavy (non-hydrogen) atoms. The van der Waals surface area contributed by atoms with Gasteiger partial charge in [-0.15, -0.1) is 21.5 Å². The van der Waals surface area contributed by atoms with Crippen molar-refractivity contribution in [3.63, 3.8) is 0 Å². The van der Waals surface area contributed by atoms with Gasteiger partial charge >= 0.3 is 0 Å². The fourth-order valence-electron chi connectivity index (χ4n) is 2.04. The molecule has 0 amide bonds. The minimum atomic E-state index is -0.0594. The molecule has 1 saturated carbocycles. The Morgan fingerprint density at radius 1 is 1.45 bits per heavy atom. The van der Waals surface area contributed by atoms with Crippen LogP contribution < -0.4 is 0 Å². The van der Waals surface area contributed by atoms with E-state index in [2.05, 4.69) is 27.5 Å². The lowest BCUT2D eigenvalue weighted by Crippen LogP contribution is -2.04. The highest BCUT2D eigenvalue weighted by Gasteiger charge is 2.26. The Morgan fingerprint density at radius 2 is 2.30 bits per heavy atom. The van der Waals surface area contributed by atoms with Gasteiger partial charge in [0.25, 0.3) is 0 Å². The van der Waals surface area contributed by atoms with Gasteiger partial charge in [0.1, 0.15) is 6.61 Å². The molecule has 1 aliphatic carbocycles. The third-order valence-electron chi connectivity index (χ3n) is 3.23. The van der Waals surface area contributed by atoms with E-state index in [0.717, 1.165) is 35.5 Å². The van der Waals surface area contributed by atoms with Crippen molar-refractivity contribution in [3.05, 3.63) is 21.9 Å². The van der Waals surface area contributed by atoms with E-state index in [1.54, 1.807) is 23.1 Å². The Labute approximate surface area is 126 Å². The molecule has 2 aromatic heterocycles. The number of nitrogens with zero attached hydrogens (tertiary/aromatic N) is 4. The Balaban J connectivity index is 1.65. The van der Waals surface area contributed by atoms with Gasteiger partial charge in [-0.2, -0.15) is 0 Å². The second kappa shape index (κ2) is 6.24. The van der Waals surface area contributed by atoms with Crippen LogP contribution in [0.15, 0.2) is 10.5 Å². The van der Waals surface area contributed by atoms with Crippen LogP contribution in [0.25, 0.3) is 0 Å². The number of hydrogen-bond acceptors (Lipinski definition) is 6. The van der Waals surface area contributed by atoms with Gasteiger partial charge in [-0.3, -0.25) is 0 Å². The van der Waals surface area contributed by atoms with Crippen molar-refractivity contribution >= 4 is 23.1 Å². The van der Waals surface area contributed by atoms with Gasteiger partial charge < -0.3 is 9.67 Å². The fourth-order valence-corrected chi connectivity index (χ4v) is 4.01. The second-order valence-electron chi connectivity index (χ2n) is 4.95. The number of aliphatic hydroxyl groups is 1. The third-order valence-corrected chi connectivity index (χ3v) is 5.28. The van der Waals surface area contributed by atoms with E-state index >= 15 is 0 Å². The summed E-state index contributed by atoms with van der Waals surface area (Å²) in [5.41, 5.74) is 1.12. The Hall–Kier alpha value is -0.920. The first-order valence-electron chi connectivity index (χ1n) is 6.91. The van der Waals surface area contributed by atoms with Crippen LogP contribution in [0.5, 0.6) is 0 Å². The maximum atomic E-state index is 9.27. The first-order chi connectivity index (χ1) is 9.81. The maximum Gasteiger partial charge on any atom is 0.191 e. The van der Waals surface area contributed by atoms with Gasteiger partial charge in [0.05, 0.1) is 10.7 Å². The van der Waals surface area contributed by atoms with E-state index in [1.807, 2.05) is 4.57 Å². The summed E-state index contributed by atoms with van der Waals surface area (Å²) in [6.45, 7) is 2.89. The molecule has 2 heterocycles. The second-order valence-corrected chi connectivity index (χ2v) is 6.78. The smallest absolute Gasteiger partial charge is 0.191 e. The topological polar surface area (TPSA) is 63.8 Å². The average Bonchev–Trinajstić information content (AvgIpc) is 3.08. The molecule has 5 nitrogen and oxygen atoms in total. The predicted molar refractivity (Wildman–Crippen MR) is 79.9 cm³/mol. The molecule has 7 heteroatoms. The zero-order valence-electron chi connectivity index (χ0n) is 11.4. The first-order valence-corrected chi connectivity index (χ1v) is 8.78. The van der Waals surface area contributed by atoms with E-state index in [0.29, 0.717) is 5.82 Å². The van der Waals surface area contributed by atoms with Gasteiger partial charge in [-0.25, -0.2) is 4.98 Å². The largest absolute Gasteiger partial charge is 0.388 e. The van der Waals surface area contributed by atoms with Crippen LogP contribution in [-0.4, -0.2) is 24.9 Å². The van der Waals surface area contributed by atoms with Crippen LogP contribution >= 0.6 is 23.1 Å². The van der Waals surface area contributed by atoms with E-state index in [4.69, 9.17) is 0 Å². The Bertz CT molecular complexity index is 577. The molecular formula is C13H18N4OS2. The van der Waals surface area contributed by atoms with Crippen LogP contribution in [0, 0.1) is 0 Å². The summed E-state index contributed by atoms with van der Waals surface area (Å²) >= 11 is 3.42. The highest BCUT2D eigenvalue weighted by molar-refractivity contribution is 7.98. The first kappa shape index (κ1) is 14.0. The van der Waals surface area contributed by atoms with Crippen molar-refractivity contribution in [1.29, 1.82) is 0 Å². The minimum Gasteiger partial charge on any atom is -0.388 e. The molecule has 0 radical (unpaired) electrons. The number of rotatable bonds is 7. The van der Waals surface area contributed by atoms with Gasteiger partial charge in [-0.05, 0) is 19.3 Å². The summed E-state index contributed by atoms with van der Waals surface area (Å²) in [6.07, 6.45) is 3.59. The van der Waals surface area contributed by atoms with Gasteiger partial charge in [-0.1, -0.05) is 18.7 Å². The van der Waals surface area contributed by atoms with Crippen molar-refractivity contribution in [2.45, 2.75) is 56.2 Å². The van der Waals surface area contributed by atoms with Crippen molar-refractivity contribution in [2.24, 2.45) is 0 Å². The molecule has 1 N–H and O–H groups in total. The number of thioether (sulfide) groups is 1. The molecule has 2 aromatic rings. The lowest BCUT2D eigenvalue weighted by Gasteiger charge is -2.06. The molecule has 1 aliphatic rings. The predicted octanol–water partition coefficient (Wildman–Crippen LogP) is 2.81. The van der Waals surface area contributed by atoms with Gasteiger partial charge in [0, 0.05) is 23.6 Å². The molecule has 0 unspecified atom stereocenters. The number of aliphatic hydroxyl groups excluding tert-OH is 1. The molecule has 3 rings (SSSR count). The average molecular weight is 310 g/mol. The number of hydrogen-bond donors (Lipinski definition) is 1. The summed E-state index contributed by atoms with van der Waals surface area (Å²) < 4.78 is 2.00. The third kappa shape index (κ3) is 3.05. The molecule has 0 spiro atoms. The zero-order chi connectivity index (χ0) is 13.9. The van der Waals surface area contributed by atoms with Crippen molar-refractivity contribution < 1.29 is 5.11 Å². The van der Waals surface area contributed by atoms with Gasteiger partial charge in [0.15, 0.2) is 11.0 Å². The SMILES string of the molecule is CCCn1c(CO)nnc1SCc1csc(C2CC2)n1. The monoisotopic (exact) mass is 310 g/mol. The quantitative estimate of drug-likeness (QED) is 0.797. The summed E-state index contributed by atoms with van der Waals surface area (Å²) in [5, 5.41) is 21.8. The molecule has 0 aliphatic heterocycles. The summed E-state index contributed by atoms with van der Waals surface area (Å²) in [5.74, 6) is 2.19. The molecule has 108 valence electrons. The number of aromatic nitrogens is 4. The Morgan fingerprint density at radius 3 is 3.00 bits per heavy atom. The lowest BCUT2D eigenvalue weighted by molar-refractivity contribution is 0.263. The summed E-state index contributed by atoms with van der Waals surface area (Å²) in [4.78, 5) is 4.68. The van der Waals surface area contributed by atoms with E-state index in [9.17, 15) is 5.11 Å². The Kier molecular flexibility index (Phi) is 4.38. The molecule has 0 bridgehead atoms. The van der Waals surface area contributed by atoms with Gasteiger partial charge in [0.2, 0.25) is 0 Å². The molecule has 0 saturated heterocycles. The molecular weight excluding hydrogens is 292 g/mol. The van der Waals surface area contributed by atoms with Crippen LogP contribution in [-0.2, 0) is 18.9 Å². The minimum absolute atomic E-state index is 0.0594. The summed E-state index contributed by atoms with van der Waals surface area (Å²) in [6, 6.07) is 0. The number of thiazole rings is 1. The van der Waals surface area contributed by atoms with Crippen molar-refractivity contribution in [3.8, 4) is 0 Å². The normalized spacial score (nSPS) is 14.9. The van der Waals surface area contributed by atoms with E-state index in [-0.39, 0.29) is 6.61 Å². The summed E-state index contributed by atoms with van der Waals surface area (Å²) in [7, 11) is 0. The molecule has 1 fully saturated rings. The lowest BCUT2D eigenvalue weighted by atomic mass is 10.4. The standard InChI is InChI=1S/C13H18N4OS2/c1-2-5-17-11(6-18)15-16-13(17)20-8-10-7-19-12(14-10)9-3-4-9/h7,9,18H,2-6,8H2,1H3. The van der Waals surface area contributed by atoms with Crippen LogP contribution in [0.4, 0.5) is 0 Å². The zero-order valence-corrected chi connectivity index (χ0v) is 13.1. The van der Waals surface area contributed by atoms with Crippen molar-refractivity contribution in [1.82, 2.24) is 19.7 Å².